The van der Waals surface area contributed by atoms with Gasteiger partial charge < -0.3 is 9.47 Å². The molecule has 180 valence electrons. The summed E-state index contributed by atoms with van der Waals surface area (Å²) in [6, 6.07) is 0. The van der Waals surface area contributed by atoms with Crippen LogP contribution < -0.4 is 0 Å². The summed E-state index contributed by atoms with van der Waals surface area (Å²) in [7, 11) is 0. The highest BCUT2D eigenvalue weighted by molar-refractivity contribution is 4.81. The first-order chi connectivity index (χ1) is 14.8. The van der Waals surface area contributed by atoms with Gasteiger partial charge in [0.2, 0.25) is 0 Å². The molecule has 0 bridgehead atoms. The molecule has 0 spiro atoms. The summed E-state index contributed by atoms with van der Waals surface area (Å²) >= 11 is 0. The average Bonchev–Trinajstić information content (AvgIpc) is 2.75. The number of hydrogen-bond donors (Lipinski definition) is 0. The normalized spacial score (nSPS) is 13.9. The van der Waals surface area contributed by atoms with Crippen molar-refractivity contribution in [1.82, 2.24) is 0 Å². The van der Waals surface area contributed by atoms with Gasteiger partial charge in [-0.05, 0) is 46.0 Å². The Hall–Kier alpha value is -0.340. The Balaban J connectivity index is 3.98. The van der Waals surface area contributed by atoms with Crippen molar-refractivity contribution in [2.45, 2.75) is 155 Å². The molecule has 30 heavy (non-hydrogen) atoms. The van der Waals surface area contributed by atoms with Gasteiger partial charge in [0.05, 0.1) is 12.2 Å². The molecule has 0 N–H and O–H groups in total. The summed E-state index contributed by atoms with van der Waals surface area (Å²) in [4.78, 5) is 0. The summed E-state index contributed by atoms with van der Waals surface area (Å²) < 4.78 is 12.2. The van der Waals surface area contributed by atoms with E-state index in [-0.39, 0.29) is 12.2 Å². The maximum absolute atomic E-state index is 6.12. The molecular weight excluding hydrogens is 368 g/mol. The second-order valence-electron chi connectivity index (χ2n) is 8.86. The monoisotopic (exact) mass is 424 g/mol. The van der Waals surface area contributed by atoms with Crippen LogP contribution in [0.5, 0.6) is 0 Å². The van der Waals surface area contributed by atoms with Gasteiger partial charge in [0.25, 0.3) is 0 Å². The van der Waals surface area contributed by atoms with E-state index in [0.29, 0.717) is 0 Å². The predicted molar refractivity (Wildman–Crippen MR) is 134 cm³/mol. The fourth-order valence-electron chi connectivity index (χ4n) is 4.18. The number of unbranched alkanes of at least 4 members (excludes halogenated alkanes) is 13. The Kier molecular flexibility index (Phi) is 24.6. The fourth-order valence-corrected chi connectivity index (χ4v) is 4.18. The van der Waals surface area contributed by atoms with Crippen molar-refractivity contribution in [3.63, 3.8) is 0 Å². The van der Waals surface area contributed by atoms with Gasteiger partial charge in [0.15, 0.2) is 0 Å². The Bertz CT molecular complexity index is 340. The lowest BCUT2D eigenvalue weighted by atomic mass is 9.99. The molecule has 0 aromatic heterocycles. The van der Waals surface area contributed by atoms with Crippen LogP contribution in [0.4, 0.5) is 0 Å². The first-order valence-corrected chi connectivity index (χ1v) is 13.7. The number of ether oxygens (including phenoxy) is 2. The van der Waals surface area contributed by atoms with Crippen molar-refractivity contribution in [2.24, 2.45) is 0 Å². The first kappa shape index (κ1) is 29.7. The van der Waals surface area contributed by atoms with Gasteiger partial charge in [0, 0.05) is 13.2 Å². The summed E-state index contributed by atoms with van der Waals surface area (Å²) in [6.07, 6.45) is 29.1. The smallest absolute Gasteiger partial charge is 0.0836 e. The van der Waals surface area contributed by atoms with Gasteiger partial charge in [-0.1, -0.05) is 109 Å². The number of allylic oxidation sites excluding steroid dienone is 2. The molecule has 0 fully saturated rings. The lowest BCUT2D eigenvalue weighted by molar-refractivity contribution is -0.0748. The topological polar surface area (TPSA) is 18.5 Å². The largest absolute Gasteiger partial charge is 0.376 e. The third-order valence-electron chi connectivity index (χ3n) is 6.02. The van der Waals surface area contributed by atoms with Crippen LogP contribution in [-0.4, -0.2) is 25.4 Å². The van der Waals surface area contributed by atoms with E-state index in [1.54, 1.807) is 0 Å². The van der Waals surface area contributed by atoms with Crippen LogP contribution in [0.1, 0.15) is 143 Å². The molecule has 0 rings (SSSR count). The van der Waals surface area contributed by atoms with Crippen LogP contribution in [0.25, 0.3) is 0 Å². The third-order valence-corrected chi connectivity index (χ3v) is 6.02. The van der Waals surface area contributed by atoms with E-state index < -0.39 is 0 Å². The van der Waals surface area contributed by atoms with E-state index in [9.17, 15) is 0 Å². The maximum atomic E-state index is 6.12. The van der Waals surface area contributed by atoms with Gasteiger partial charge in [-0.15, -0.1) is 0 Å². The third kappa shape index (κ3) is 19.6. The van der Waals surface area contributed by atoms with Crippen molar-refractivity contribution in [3.05, 3.63) is 12.2 Å². The average molecular weight is 425 g/mol. The minimum atomic E-state index is 0.276. The van der Waals surface area contributed by atoms with Crippen LogP contribution in [-0.2, 0) is 9.47 Å². The van der Waals surface area contributed by atoms with Crippen LogP contribution in [0.3, 0.4) is 0 Å². The van der Waals surface area contributed by atoms with Crippen molar-refractivity contribution < 1.29 is 9.47 Å². The highest BCUT2D eigenvalue weighted by atomic mass is 16.5. The van der Waals surface area contributed by atoms with Crippen molar-refractivity contribution >= 4 is 0 Å². The molecule has 0 heterocycles. The van der Waals surface area contributed by atoms with Gasteiger partial charge >= 0.3 is 0 Å². The Morgan fingerprint density at radius 2 is 0.867 bits per heavy atom. The van der Waals surface area contributed by atoms with Gasteiger partial charge in [0.1, 0.15) is 0 Å². The lowest BCUT2D eigenvalue weighted by Gasteiger charge is -2.27. The Morgan fingerprint density at radius 3 is 1.33 bits per heavy atom. The summed E-state index contributed by atoms with van der Waals surface area (Å²) in [6.45, 7) is 10.4. The van der Waals surface area contributed by atoms with E-state index in [2.05, 4.69) is 39.8 Å². The molecule has 0 saturated carbocycles. The fraction of sp³-hybridized carbons (Fsp3) is 0.929. The molecular formula is C28H56O2. The molecule has 0 radical (unpaired) electrons. The molecule has 0 saturated heterocycles. The van der Waals surface area contributed by atoms with E-state index >= 15 is 0 Å². The highest BCUT2D eigenvalue weighted by Crippen LogP contribution is 2.20. The summed E-state index contributed by atoms with van der Waals surface area (Å²) in [5.74, 6) is 0. The van der Waals surface area contributed by atoms with Crippen LogP contribution in [0, 0.1) is 0 Å². The van der Waals surface area contributed by atoms with Crippen LogP contribution in [0.2, 0.25) is 0 Å². The molecule has 2 heteroatoms. The second-order valence-corrected chi connectivity index (χ2v) is 8.86. The zero-order valence-corrected chi connectivity index (χ0v) is 21.3. The Labute approximate surface area is 190 Å². The van der Waals surface area contributed by atoms with E-state index in [1.807, 2.05) is 0 Å². The number of rotatable bonds is 24. The molecule has 0 aliphatic heterocycles. The molecule has 2 atom stereocenters. The molecule has 2 unspecified atom stereocenters. The molecule has 0 aliphatic rings. The zero-order chi connectivity index (χ0) is 22.1. The molecule has 0 aromatic carbocycles. The molecule has 0 amide bonds. The maximum Gasteiger partial charge on any atom is 0.0836 e. The molecule has 0 aliphatic carbocycles. The molecule has 2 nitrogen and oxygen atoms in total. The van der Waals surface area contributed by atoms with Gasteiger partial charge in [-0.2, -0.15) is 0 Å². The minimum absolute atomic E-state index is 0.276. The standard InChI is InChI=1S/C28H56O2/c1-5-9-11-13-15-17-18-20-22-24-26-28(30-8-4)27(29-7-3)25-23-21-19-16-14-12-10-6-2/h14,16,27-28H,5-13,15,17-26H2,1-4H3. The number of hydrogen-bond acceptors (Lipinski definition) is 2. The van der Waals surface area contributed by atoms with Crippen molar-refractivity contribution in [3.8, 4) is 0 Å². The van der Waals surface area contributed by atoms with Gasteiger partial charge in [-0.25, -0.2) is 0 Å². The predicted octanol–water partition coefficient (Wildman–Crippen LogP) is 9.41. The van der Waals surface area contributed by atoms with Crippen molar-refractivity contribution in [2.75, 3.05) is 13.2 Å². The second kappa shape index (κ2) is 24.9. The van der Waals surface area contributed by atoms with E-state index in [4.69, 9.17) is 9.47 Å². The quantitative estimate of drug-likeness (QED) is 0.113. The SMILES string of the molecule is CCCCC=CCCCCC(OCC)C(CCCCCCCCCCCC)OCC. The first-order valence-electron chi connectivity index (χ1n) is 13.7. The Morgan fingerprint density at radius 1 is 0.467 bits per heavy atom. The van der Waals surface area contributed by atoms with Crippen LogP contribution in [0.15, 0.2) is 12.2 Å². The highest BCUT2D eigenvalue weighted by Gasteiger charge is 2.21. The summed E-state index contributed by atoms with van der Waals surface area (Å²) in [5.41, 5.74) is 0. The lowest BCUT2D eigenvalue weighted by Crippen LogP contribution is -2.32. The van der Waals surface area contributed by atoms with E-state index in [1.165, 1.54) is 103 Å². The van der Waals surface area contributed by atoms with Crippen molar-refractivity contribution in [1.29, 1.82) is 0 Å². The minimum Gasteiger partial charge on any atom is -0.376 e. The zero-order valence-electron chi connectivity index (χ0n) is 21.3. The van der Waals surface area contributed by atoms with Crippen LogP contribution >= 0.6 is 0 Å². The van der Waals surface area contributed by atoms with Gasteiger partial charge in [-0.3, -0.25) is 0 Å². The van der Waals surface area contributed by atoms with E-state index in [0.717, 1.165) is 26.1 Å². The molecule has 0 aromatic rings. The summed E-state index contributed by atoms with van der Waals surface area (Å²) in [5, 5.41) is 0.